The van der Waals surface area contributed by atoms with E-state index in [0.717, 1.165) is 5.56 Å². The quantitative estimate of drug-likeness (QED) is 0.910. The molecular weight excluding hydrogens is 276 g/mol. The molecule has 4 nitrogen and oxygen atoms in total. The maximum absolute atomic E-state index is 12.2. The molecule has 0 aliphatic rings. The average Bonchev–Trinajstić information content (AvgIpc) is 2.46. The van der Waals surface area contributed by atoms with Gasteiger partial charge in [-0.2, -0.15) is 0 Å². The third-order valence-electron chi connectivity index (χ3n) is 3.70. The lowest BCUT2D eigenvalue weighted by Gasteiger charge is -2.12. The number of nitrogens with two attached hydrogens (primary N) is 1. The maximum atomic E-state index is 12.2. The van der Waals surface area contributed by atoms with Gasteiger partial charge in [-0.15, -0.1) is 0 Å². The molecule has 0 heterocycles. The number of hydrogen-bond donors (Lipinski definition) is 2. The van der Waals surface area contributed by atoms with E-state index in [1.807, 2.05) is 13.8 Å². The van der Waals surface area contributed by atoms with Crippen molar-refractivity contribution in [3.63, 3.8) is 0 Å². The van der Waals surface area contributed by atoms with Crippen LogP contribution in [0.4, 0.5) is 0 Å². The first kappa shape index (κ1) is 15.8. The molecule has 0 bridgehead atoms. The lowest BCUT2D eigenvalue weighted by atomic mass is 10.00. The van der Waals surface area contributed by atoms with Gasteiger partial charge in [0.25, 0.3) is 5.91 Å². The second-order valence-corrected chi connectivity index (χ2v) is 5.50. The van der Waals surface area contributed by atoms with E-state index >= 15 is 0 Å². The van der Waals surface area contributed by atoms with Crippen LogP contribution in [0.1, 0.15) is 43.0 Å². The van der Waals surface area contributed by atoms with E-state index in [1.165, 1.54) is 16.7 Å². The van der Waals surface area contributed by atoms with Crippen molar-refractivity contribution in [2.24, 2.45) is 5.73 Å². The molecule has 114 valence electrons. The Labute approximate surface area is 130 Å². The normalized spacial score (nSPS) is 10.3. The Hall–Kier alpha value is -2.62. The number of carbonyl (C=O) groups is 2. The van der Waals surface area contributed by atoms with Crippen LogP contribution in [0.5, 0.6) is 0 Å². The molecule has 0 unspecified atom stereocenters. The van der Waals surface area contributed by atoms with Crippen LogP contribution >= 0.6 is 0 Å². The van der Waals surface area contributed by atoms with E-state index in [2.05, 4.69) is 24.4 Å². The first-order valence-electron chi connectivity index (χ1n) is 7.13. The van der Waals surface area contributed by atoms with Crippen LogP contribution < -0.4 is 11.1 Å². The molecule has 22 heavy (non-hydrogen) atoms. The molecule has 2 aromatic carbocycles. The number of benzene rings is 2. The molecular formula is C18H20N2O2. The highest BCUT2D eigenvalue weighted by molar-refractivity contribution is 5.97. The molecule has 2 rings (SSSR count). The van der Waals surface area contributed by atoms with Crippen molar-refractivity contribution in [1.82, 2.24) is 5.32 Å². The summed E-state index contributed by atoms with van der Waals surface area (Å²) in [6.45, 7) is 6.63. The van der Waals surface area contributed by atoms with Gasteiger partial charge >= 0.3 is 0 Å². The molecule has 4 heteroatoms. The topological polar surface area (TPSA) is 72.2 Å². The molecule has 0 aliphatic heterocycles. The van der Waals surface area contributed by atoms with Crippen LogP contribution in [-0.4, -0.2) is 11.8 Å². The number of carbonyl (C=O) groups excluding carboxylic acids is 2. The highest BCUT2D eigenvalue weighted by atomic mass is 16.2. The minimum Gasteiger partial charge on any atom is -0.366 e. The summed E-state index contributed by atoms with van der Waals surface area (Å²) in [4.78, 5) is 23.2. The lowest BCUT2D eigenvalue weighted by molar-refractivity contribution is 0.0948. The Morgan fingerprint density at radius 2 is 1.45 bits per heavy atom. The van der Waals surface area contributed by atoms with Crippen LogP contribution in [0, 0.1) is 20.8 Å². The monoisotopic (exact) mass is 296 g/mol. The minimum absolute atomic E-state index is 0.171. The number of aryl methyl sites for hydroxylation is 3. The van der Waals surface area contributed by atoms with E-state index in [9.17, 15) is 9.59 Å². The molecule has 0 saturated heterocycles. The first-order chi connectivity index (χ1) is 10.4. The van der Waals surface area contributed by atoms with Crippen molar-refractivity contribution >= 4 is 11.8 Å². The number of primary amides is 1. The number of rotatable bonds is 4. The zero-order chi connectivity index (χ0) is 16.3. The highest BCUT2D eigenvalue weighted by Crippen LogP contribution is 2.16. The van der Waals surface area contributed by atoms with Crippen LogP contribution in [-0.2, 0) is 6.54 Å². The Morgan fingerprint density at radius 3 is 1.95 bits per heavy atom. The molecule has 3 N–H and O–H groups in total. The molecule has 0 saturated carbocycles. The van der Waals surface area contributed by atoms with Gasteiger partial charge in [0, 0.05) is 17.7 Å². The smallest absolute Gasteiger partial charge is 0.251 e. The minimum atomic E-state index is -0.502. The highest BCUT2D eigenvalue weighted by Gasteiger charge is 2.09. The summed E-state index contributed by atoms with van der Waals surface area (Å²) in [6, 6.07) is 10.5. The second kappa shape index (κ2) is 6.43. The van der Waals surface area contributed by atoms with Crippen molar-refractivity contribution in [2.45, 2.75) is 27.3 Å². The first-order valence-corrected chi connectivity index (χ1v) is 7.13. The molecule has 0 spiro atoms. The Balaban J connectivity index is 2.08. The SMILES string of the molecule is Cc1cc(C)c(CNC(=O)c2ccc(C(N)=O)cc2)c(C)c1. The van der Waals surface area contributed by atoms with Gasteiger partial charge in [0.05, 0.1) is 0 Å². The molecule has 0 fully saturated rings. The zero-order valence-electron chi connectivity index (χ0n) is 13.1. The summed E-state index contributed by atoms with van der Waals surface area (Å²) in [7, 11) is 0. The Bertz CT molecular complexity index is 695. The third kappa shape index (κ3) is 3.52. The molecule has 2 amide bonds. The maximum Gasteiger partial charge on any atom is 0.251 e. The summed E-state index contributed by atoms with van der Waals surface area (Å²) in [6.07, 6.45) is 0. The van der Waals surface area contributed by atoms with Crippen molar-refractivity contribution in [3.05, 3.63) is 69.8 Å². The van der Waals surface area contributed by atoms with Crippen molar-refractivity contribution in [2.75, 3.05) is 0 Å². The number of hydrogen-bond acceptors (Lipinski definition) is 2. The van der Waals surface area contributed by atoms with Gasteiger partial charge in [-0.25, -0.2) is 0 Å². The van der Waals surface area contributed by atoms with Crippen LogP contribution in [0.25, 0.3) is 0 Å². The van der Waals surface area contributed by atoms with Crippen molar-refractivity contribution in [1.29, 1.82) is 0 Å². The predicted octanol–water partition coefficient (Wildman–Crippen LogP) is 2.64. The standard InChI is InChI=1S/C18H20N2O2/c1-11-8-12(2)16(13(3)9-11)10-20-18(22)15-6-4-14(5-7-15)17(19)21/h4-9H,10H2,1-3H3,(H2,19,21)(H,20,22). The van der Waals surface area contributed by atoms with Crippen LogP contribution in [0.15, 0.2) is 36.4 Å². The lowest BCUT2D eigenvalue weighted by Crippen LogP contribution is -2.24. The zero-order valence-corrected chi connectivity index (χ0v) is 13.1. The predicted molar refractivity (Wildman–Crippen MR) is 86.8 cm³/mol. The Kier molecular flexibility index (Phi) is 4.61. The van der Waals surface area contributed by atoms with Crippen molar-refractivity contribution < 1.29 is 9.59 Å². The second-order valence-electron chi connectivity index (χ2n) is 5.50. The van der Waals surface area contributed by atoms with E-state index in [0.29, 0.717) is 17.7 Å². The van der Waals surface area contributed by atoms with Gasteiger partial charge in [-0.3, -0.25) is 9.59 Å². The van der Waals surface area contributed by atoms with E-state index in [-0.39, 0.29) is 5.91 Å². The summed E-state index contributed by atoms with van der Waals surface area (Å²) in [5.74, 6) is -0.673. The molecule has 0 radical (unpaired) electrons. The van der Waals surface area contributed by atoms with Crippen LogP contribution in [0.3, 0.4) is 0 Å². The fourth-order valence-electron chi connectivity index (χ4n) is 2.55. The largest absolute Gasteiger partial charge is 0.366 e. The van der Waals surface area contributed by atoms with Crippen molar-refractivity contribution in [3.8, 4) is 0 Å². The fraction of sp³-hybridized carbons (Fsp3) is 0.222. The van der Waals surface area contributed by atoms with Gasteiger partial charge < -0.3 is 11.1 Å². The number of amides is 2. The van der Waals surface area contributed by atoms with Gasteiger partial charge in [0.1, 0.15) is 0 Å². The molecule has 0 aliphatic carbocycles. The molecule has 2 aromatic rings. The van der Waals surface area contributed by atoms with E-state index in [4.69, 9.17) is 5.73 Å². The summed E-state index contributed by atoms with van der Waals surface area (Å²) < 4.78 is 0. The van der Waals surface area contributed by atoms with E-state index < -0.39 is 5.91 Å². The fourth-order valence-corrected chi connectivity index (χ4v) is 2.55. The van der Waals surface area contributed by atoms with Gasteiger partial charge in [0.15, 0.2) is 0 Å². The van der Waals surface area contributed by atoms with Gasteiger partial charge in [-0.05, 0) is 61.7 Å². The van der Waals surface area contributed by atoms with Gasteiger partial charge in [-0.1, -0.05) is 17.7 Å². The summed E-state index contributed by atoms with van der Waals surface area (Å²) >= 11 is 0. The summed E-state index contributed by atoms with van der Waals surface area (Å²) in [5.41, 5.74) is 10.8. The van der Waals surface area contributed by atoms with Gasteiger partial charge in [0.2, 0.25) is 5.91 Å². The average molecular weight is 296 g/mol. The van der Waals surface area contributed by atoms with Crippen LogP contribution in [0.2, 0.25) is 0 Å². The molecule has 0 aromatic heterocycles. The van der Waals surface area contributed by atoms with E-state index in [1.54, 1.807) is 24.3 Å². The summed E-state index contributed by atoms with van der Waals surface area (Å²) in [5, 5.41) is 2.91. The third-order valence-corrected chi connectivity index (χ3v) is 3.70. The molecule has 0 atom stereocenters. The number of nitrogens with one attached hydrogen (secondary N) is 1. The Morgan fingerprint density at radius 1 is 0.955 bits per heavy atom.